The van der Waals surface area contributed by atoms with E-state index in [2.05, 4.69) is 9.80 Å². The number of likely N-dealkylation sites (tertiary alicyclic amines) is 1. The molecule has 2 fully saturated rings. The zero-order valence-electron chi connectivity index (χ0n) is 17.8. The van der Waals surface area contributed by atoms with Gasteiger partial charge in [0.25, 0.3) is 0 Å². The van der Waals surface area contributed by atoms with Crippen molar-refractivity contribution >= 4 is 11.0 Å². The molecule has 2 unspecified atom stereocenters. The number of aliphatic hydroxyl groups is 1. The maximum Gasteiger partial charge on any atom is 0.207 e. The quantitative estimate of drug-likeness (QED) is 0.645. The summed E-state index contributed by atoms with van der Waals surface area (Å²) in [6.07, 6.45) is -0.246. The minimum absolute atomic E-state index is 0.0187. The molecule has 9 nitrogen and oxygen atoms in total. The third-order valence-corrected chi connectivity index (χ3v) is 6.50. The second-order valence-corrected chi connectivity index (χ2v) is 8.68. The van der Waals surface area contributed by atoms with E-state index < -0.39 is 17.5 Å². The molecule has 166 valence electrons. The molecule has 3 heterocycles. The van der Waals surface area contributed by atoms with Gasteiger partial charge in [0.2, 0.25) is 5.76 Å². The van der Waals surface area contributed by atoms with Crippen LogP contribution in [0.5, 0.6) is 11.5 Å². The van der Waals surface area contributed by atoms with Crippen LogP contribution in [0.4, 0.5) is 0 Å². The number of aromatic hydroxyl groups is 2. The second-order valence-electron chi connectivity index (χ2n) is 8.68. The van der Waals surface area contributed by atoms with E-state index >= 15 is 0 Å². The summed E-state index contributed by atoms with van der Waals surface area (Å²) in [5.41, 5.74) is -0.00436. The van der Waals surface area contributed by atoms with Crippen LogP contribution in [0.1, 0.15) is 29.2 Å². The Labute approximate surface area is 180 Å². The lowest BCUT2D eigenvalue weighted by atomic mass is 9.84. The summed E-state index contributed by atoms with van der Waals surface area (Å²) in [5, 5.41) is 42.2. The van der Waals surface area contributed by atoms with Crippen LogP contribution in [-0.2, 0) is 6.54 Å². The summed E-state index contributed by atoms with van der Waals surface area (Å²) in [6, 6.07) is 2.87. The first-order valence-electron chi connectivity index (χ1n) is 10.5. The normalized spacial score (nSPS) is 23.8. The largest absolute Gasteiger partial charge is 0.507 e. The molecular formula is C22H28N4O5. The summed E-state index contributed by atoms with van der Waals surface area (Å²) in [6.45, 7) is 4.63. The van der Waals surface area contributed by atoms with Gasteiger partial charge in [-0.15, -0.1) is 0 Å². The first-order chi connectivity index (χ1) is 14.8. The van der Waals surface area contributed by atoms with Crippen molar-refractivity contribution in [1.82, 2.24) is 14.7 Å². The third-order valence-electron chi connectivity index (χ3n) is 6.50. The Balaban J connectivity index is 1.90. The van der Waals surface area contributed by atoms with Crippen molar-refractivity contribution in [1.29, 1.82) is 5.26 Å². The van der Waals surface area contributed by atoms with E-state index in [9.17, 15) is 25.4 Å². The molecule has 0 amide bonds. The molecule has 2 aliphatic rings. The van der Waals surface area contributed by atoms with Crippen molar-refractivity contribution in [2.45, 2.75) is 25.0 Å². The fourth-order valence-electron chi connectivity index (χ4n) is 4.65. The fraction of sp³-hybridized carbons (Fsp3) is 0.545. The third kappa shape index (κ3) is 4.00. The lowest BCUT2D eigenvalue weighted by Crippen LogP contribution is -2.44. The molecule has 2 saturated heterocycles. The molecule has 3 N–H and O–H groups in total. The number of rotatable bonds is 3. The minimum Gasteiger partial charge on any atom is -0.507 e. The predicted octanol–water partition coefficient (Wildman–Crippen LogP) is 0.603. The number of nitrogens with zero attached hydrogens (tertiary/aromatic N) is 4. The number of nitriles is 1. The van der Waals surface area contributed by atoms with Gasteiger partial charge in [-0.2, -0.15) is 5.26 Å². The molecule has 9 heteroatoms. The van der Waals surface area contributed by atoms with E-state index in [4.69, 9.17) is 4.42 Å². The molecule has 0 aliphatic carbocycles. The van der Waals surface area contributed by atoms with Crippen molar-refractivity contribution in [3.8, 4) is 17.6 Å². The first-order valence-corrected chi connectivity index (χ1v) is 10.5. The Kier molecular flexibility index (Phi) is 5.90. The maximum atomic E-state index is 12.8. The molecule has 0 bridgehead atoms. The number of fused-ring (bicyclic) bond motifs is 1. The number of phenols is 2. The molecule has 0 spiro atoms. The Bertz CT molecular complexity index is 1080. The van der Waals surface area contributed by atoms with Crippen LogP contribution in [0.2, 0.25) is 0 Å². The van der Waals surface area contributed by atoms with E-state index in [1.807, 2.05) is 25.1 Å². The van der Waals surface area contributed by atoms with Gasteiger partial charge < -0.3 is 29.5 Å². The number of hydrogen-bond donors (Lipinski definition) is 3. The number of benzene rings is 1. The van der Waals surface area contributed by atoms with Gasteiger partial charge in [0.05, 0.1) is 11.7 Å². The fourth-order valence-corrected chi connectivity index (χ4v) is 4.65. The predicted molar refractivity (Wildman–Crippen MR) is 114 cm³/mol. The van der Waals surface area contributed by atoms with Crippen LogP contribution in [0.3, 0.4) is 0 Å². The lowest BCUT2D eigenvalue weighted by Gasteiger charge is -2.35. The van der Waals surface area contributed by atoms with Crippen molar-refractivity contribution in [2.24, 2.45) is 0 Å². The number of likely N-dealkylation sites (N-methyl/N-ethyl adjacent to an activating group) is 2. The van der Waals surface area contributed by atoms with Crippen LogP contribution in [0, 0.1) is 11.3 Å². The van der Waals surface area contributed by atoms with Gasteiger partial charge in [-0.1, -0.05) is 0 Å². The number of β-amino-alcohol motifs (C(OH)–C–C–N with tert-alkyl or cyclic N) is 1. The molecule has 1 aromatic heterocycles. The van der Waals surface area contributed by atoms with Gasteiger partial charge in [0.1, 0.15) is 23.0 Å². The summed E-state index contributed by atoms with van der Waals surface area (Å²) in [4.78, 5) is 19.1. The second kappa shape index (κ2) is 8.48. The van der Waals surface area contributed by atoms with E-state index in [1.165, 1.54) is 0 Å². The van der Waals surface area contributed by atoms with Crippen molar-refractivity contribution in [3.63, 3.8) is 0 Å². The van der Waals surface area contributed by atoms with Crippen LogP contribution >= 0.6 is 0 Å². The Morgan fingerprint density at radius 3 is 2.48 bits per heavy atom. The summed E-state index contributed by atoms with van der Waals surface area (Å²) in [5.74, 6) is -1.18. The average Bonchev–Trinajstić information content (AvgIpc) is 2.73. The van der Waals surface area contributed by atoms with Gasteiger partial charge >= 0.3 is 0 Å². The highest BCUT2D eigenvalue weighted by Crippen LogP contribution is 2.45. The number of piperidine rings is 1. The summed E-state index contributed by atoms with van der Waals surface area (Å²) >= 11 is 0. The van der Waals surface area contributed by atoms with E-state index in [0.717, 1.165) is 32.2 Å². The number of aliphatic hydroxyl groups excluding tert-OH is 1. The lowest BCUT2D eigenvalue weighted by molar-refractivity contribution is 0.0629. The number of piperazine rings is 1. The number of hydrogen-bond acceptors (Lipinski definition) is 9. The molecule has 1 aromatic carbocycles. The molecule has 4 rings (SSSR count). The van der Waals surface area contributed by atoms with Crippen LogP contribution in [0.25, 0.3) is 11.0 Å². The smallest absolute Gasteiger partial charge is 0.207 e. The molecule has 2 atom stereocenters. The summed E-state index contributed by atoms with van der Waals surface area (Å²) in [7, 11) is 3.95. The highest BCUT2D eigenvalue weighted by Gasteiger charge is 2.35. The SMILES string of the molecule is CN1CCN(Cc2c(O)c(C3CCN(C)CC3O)c3oc(C#N)cc(=O)c3c2O)CC1. The van der Waals surface area contributed by atoms with Gasteiger partial charge in [-0.25, -0.2) is 0 Å². The van der Waals surface area contributed by atoms with Gasteiger partial charge in [-0.05, 0) is 27.1 Å². The van der Waals surface area contributed by atoms with E-state index in [1.54, 1.807) is 0 Å². The molecule has 0 radical (unpaired) electrons. The monoisotopic (exact) mass is 428 g/mol. The van der Waals surface area contributed by atoms with Crippen LogP contribution < -0.4 is 5.43 Å². The Morgan fingerprint density at radius 2 is 1.84 bits per heavy atom. The van der Waals surface area contributed by atoms with E-state index in [-0.39, 0.29) is 40.3 Å². The summed E-state index contributed by atoms with van der Waals surface area (Å²) < 4.78 is 5.65. The molecule has 2 aromatic rings. The molecule has 31 heavy (non-hydrogen) atoms. The van der Waals surface area contributed by atoms with Crippen molar-refractivity contribution in [3.05, 3.63) is 33.2 Å². The molecule has 2 aliphatic heterocycles. The zero-order valence-corrected chi connectivity index (χ0v) is 17.8. The minimum atomic E-state index is -0.787. The maximum absolute atomic E-state index is 12.8. The first kappa shape index (κ1) is 21.6. The van der Waals surface area contributed by atoms with E-state index in [0.29, 0.717) is 25.1 Å². The average molecular weight is 428 g/mol. The number of phenolic OH excluding ortho intramolecular Hbond substituents is 2. The van der Waals surface area contributed by atoms with Gasteiger partial charge in [0, 0.05) is 56.8 Å². The van der Waals surface area contributed by atoms with Crippen molar-refractivity contribution in [2.75, 3.05) is 53.4 Å². The van der Waals surface area contributed by atoms with Crippen LogP contribution in [0.15, 0.2) is 15.3 Å². The Hall–Kier alpha value is -2.64. The van der Waals surface area contributed by atoms with Gasteiger partial charge in [-0.3, -0.25) is 9.69 Å². The standard InChI is InChI=1S/C22H28N4O5/c1-24-5-7-26(8-6-24)11-15-20(29)18(14-3-4-25(2)12-17(14)28)22-19(21(15)30)16(27)9-13(10-23)31-22/h9,14,17,28-30H,3-8,11-12H2,1-2H3. The Morgan fingerprint density at radius 1 is 1.13 bits per heavy atom. The molecule has 0 saturated carbocycles. The highest BCUT2D eigenvalue weighted by atomic mass is 16.3. The van der Waals surface area contributed by atoms with Gasteiger partial charge in [0.15, 0.2) is 11.0 Å². The van der Waals surface area contributed by atoms with Crippen LogP contribution in [-0.4, -0.2) is 89.5 Å². The van der Waals surface area contributed by atoms with Crippen molar-refractivity contribution < 1.29 is 19.7 Å². The molecular weight excluding hydrogens is 400 g/mol. The topological polar surface area (TPSA) is 124 Å². The highest BCUT2D eigenvalue weighted by molar-refractivity contribution is 5.90. The zero-order chi connectivity index (χ0) is 22.3.